The Morgan fingerprint density at radius 2 is 1.74 bits per heavy atom. The molecule has 0 N–H and O–H groups in total. The minimum Gasteiger partial charge on any atom is -0.335 e. The molecule has 0 spiro atoms. The maximum absolute atomic E-state index is 13.1. The highest BCUT2D eigenvalue weighted by molar-refractivity contribution is 7.91. The van der Waals surface area contributed by atoms with Gasteiger partial charge in [0.05, 0.1) is 18.1 Å². The zero-order valence-corrected chi connectivity index (χ0v) is 16.8. The fraction of sp³-hybridized carbons (Fsp3) is 0.650. The first-order valence-corrected chi connectivity index (χ1v) is 11.6. The Morgan fingerprint density at radius 3 is 2.33 bits per heavy atom. The van der Waals surface area contributed by atoms with Gasteiger partial charge >= 0.3 is 0 Å². The second kappa shape index (κ2) is 8.69. The van der Waals surface area contributed by atoms with Gasteiger partial charge in [0.25, 0.3) is 0 Å². The Kier molecular flexibility index (Phi) is 6.52. The van der Waals surface area contributed by atoms with E-state index in [0.29, 0.717) is 13.0 Å². The van der Waals surface area contributed by atoms with Crippen LogP contribution in [0.2, 0.25) is 0 Å². The lowest BCUT2D eigenvalue weighted by atomic mass is 9.93. The molecule has 1 heterocycles. The Labute approximate surface area is 161 Å². The smallest absolute Gasteiger partial charge is 0.237 e. The molecule has 0 radical (unpaired) electrons. The number of rotatable bonds is 6. The molecule has 2 aliphatic rings. The quantitative estimate of drug-likeness (QED) is 0.742. The normalized spacial score (nSPS) is 22.9. The zero-order chi connectivity index (χ0) is 19.4. The van der Waals surface area contributed by atoms with Gasteiger partial charge < -0.3 is 4.90 Å². The Hall–Kier alpha value is -1.47. The van der Waals surface area contributed by atoms with E-state index in [1.54, 1.807) is 12.1 Å². The average Bonchev–Trinajstić information content (AvgIpc) is 2.97. The molecule has 1 aliphatic carbocycles. The van der Waals surface area contributed by atoms with Gasteiger partial charge in [0.2, 0.25) is 5.91 Å². The molecule has 5 nitrogen and oxygen atoms in total. The fourth-order valence-electron chi connectivity index (χ4n) is 4.33. The van der Waals surface area contributed by atoms with E-state index in [1.807, 2.05) is 16.8 Å². The highest BCUT2D eigenvalue weighted by Crippen LogP contribution is 2.28. The maximum atomic E-state index is 13.1. The van der Waals surface area contributed by atoms with Crippen molar-refractivity contribution in [3.63, 3.8) is 0 Å². The number of benzene rings is 1. The molecule has 1 amide bonds. The largest absolute Gasteiger partial charge is 0.335 e. The van der Waals surface area contributed by atoms with Crippen molar-refractivity contribution in [2.75, 3.05) is 25.1 Å². The van der Waals surface area contributed by atoms with Gasteiger partial charge in [-0.15, -0.1) is 0 Å². The molecule has 27 heavy (non-hydrogen) atoms. The van der Waals surface area contributed by atoms with Crippen LogP contribution in [0.3, 0.4) is 0 Å². The van der Waals surface area contributed by atoms with Gasteiger partial charge in [0, 0.05) is 18.6 Å². The van der Waals surface area contributed by atoms with Gasteiger partial charge in [-0.3, -0.25) is 9.69 Å². The summed E-state index contributed by atoms with van der Waals surface area (Å²) >= 11 is 0. The van der Waals surface area contributed by atoms with Crippen LogP contribution >= 0.6 is 0 Å². The minimum atomic E-state index is -3.04. The highest BCUT2D eigenvalue weighted by atomic mass is 32.2. The molecule has 3 rings (SSSR count). The van der Waals surface area contributed by atoms with E-state index >= 15 is 0 Å². The molecule has 2 fully saturated rings. The summed E-state index contributed by atoms with van der Waals surface area (Å²) in [7, 11) is -1.17. The monoisotopic (exact) mass is 396 g/mol. The molecule has 1 saturated heterocycles. The first-order valence-electron chi connectivity index (χ1n) is 9.78. The van der Waals surface area contributed by atoms with E-state index in [1.165, 1.54) is 18.6 Å². The van der Waals surface area contributed by atoms with Crippen LogP contribution in [0.15, 0.2) is 24.3 Å². The number of carbonyl (C=O) groups excluding carboxylic acids is 1. The predicted octanol–water partition coefficient (Wildman–Crippen LogP) is 2.61. The lowest BCUT2D eigenvalue weighted by molar-refractivity contribution is -0.137. The van der Waals surface area contributed by atoms with Gasteiger partial charge in [-0.25, -0.2) is 12.8 Å². The van der Waals surface area contributed by atoms with E-state index in [-0.39, 0.29) is 41.9 Å². The molecule has 150 valence electrons. The summed E-state index contributed by atoms with van der Waals surface area (Å²) in [5.74, 6) is 0.00765. The second-order valence-electron chi connectivity index (χ2n) is 7.95. The van der Waals surface area contributed by atoms with Gasteiger partial charge in [-0.05, 0) is 44.0 Å². The van der Waals surface area contributed by atoms with Crippen LogP contribution in [0, 0.1) is 5.82 Å². The topological polar surface area (TPSA) is 57.7 Å². The molecule has 1 saturated carbocycles. The SMILES string of the molecule is CN(CC(=O)N(C1CCCCC1)C1CCS(=O)(=O)C1)Cc1ccc(F)cc1. The van der Waals surface area contributed by atoms with E-state index in [2.05, 4.69) is 0 Å². The van der Waals surface area contributed by atoms with Crippen LogP contribution in [0.5, 0.6) is 0 Å². The number of hydrogen-bond donors (Lipinski definition) is 0. The number of nitrogens with zero attached hydrogens (tertiary/aromatic N) is 2. The number of amides is 1. The molecule has 1 atom stereocenters. The predicted molar refractivity (Wildman–Crippen MR) is 104 cm³/mol. The summed E-state index contributed by atoms with van der Waals surface area (Å²) in [6.45, 7) is 0.790. The highest BCUT2D eigenvalue weighted by Gasteiger charge is 2.38. The van der Waals surface area contributed by atoms with Crippen molar-refractivity contribution in [2.45, 2.75) is 57.2 Å². The van der Waals surface area contributed by atoms with Crippen LogP contribution in [-0.2, 0) is 21.2 Å². The van der Waals surface area contributed by atoms with E-state index in [9.17, 15) is 17.6 Å². The third-order valence-corrected chi connectivity index (χ3v) is 7.38. The number of carbonyl (C=O) groups is 1. The van der Waals surface area contributed by atoms with Crippen LogP contribution in [0.25, 0.3) is 0 Å². The van der Waals surface area contributed by atoms with Gasteiger partial charge in [-0.1, -0.05) is 31.4 Å². The van der Waals surface area contributed by atoms with Crippen molar-refractivity contribution < 1.29 is 17.6 Å². The Morgan fingerprint density at radius 1 is 1.07 bits per heavy atom. The van der Waals surface area contributed by atoms with Gasteiger partial charge in [0.15, 0.2) is 9.84 Å². The molecular weight excluding hydrogens is 367 g/mol. The average molecular weight is 397 g/mol. The fourth-order valence-corrected chi connectivity index (χ4v) is 6.04. The Balaban J connectivity index is 1.67. The third-order valence-electron chi connectivity index (χ3n) is 5.63. The summed E-state index contributed by atoms with van der Waals surface area (Å²) in [5.41, 5.74) is 0.944. The van der Waals surface area contributed by atoms with Crippen LogP contribution in [-0.4, -0.2) is 61.3 Å². The van der Waals surface area contributed by atoms with Gasteiger partial charge in [0.1, 0.15) is 5.82 Å². The molecule has 1 aromatic carbocycles. The molecule has 7 heteroatoms. The maximum Gasteiger partial charge on any atom is 0.237 e. The van der Waals surface area contributed by atoms with E-state index < -0.39 is 9.84 Å². The van der Waals surface area contributed by atoms with E-state index in [0.717, 1.165) is 31.2 Å². The van der Waals surface area contributed by atoms with Crippen molar-refractivity contribution in [3.8, 4) is 0 Å². The second-order valence-corrected chi connectivity index (χ2v) is 10.2. The Bertz CT molecular complexity index is 745. The summed E-state index contributed by atoms with van der Waals surface area (Å²) in [6.07, 6.45) is 5.85. The van der Waals surface area contributed by atoms with Crippen molar-refractivity contribution in [2.24, 2.45) is 0 Å². The molecule has 1 aromatic rings. The van der Waals surface area contributed by atoms with Crippen LogP contribution < -0.4 is 0 Å². The number of halogens is 1. The van der Waals surface area contributed by atoms with Crippen molar-refractivity contribution >= 4 is 15.7 Å². The van der Waals surface area contributed by atoms with Crippen LogP contribution in [0.4, 0.5) is 4.39 Å². The molecule has 0 bridgehead atoms. The molecule has 1 unspecified atom stereocenters. The molecular formula is C20H29FN2O3S. The number of likely N-dealkylation sites (N-methyl/N-ethyl adjacent to an activating group) is 1. The summed E-state index contributed by atoms with van der Waals surface area (Å²) in [5, 5.41) is 0. The van der Waals surface area contributed by atoms with Gasteiger partial charge in [-0.2, -0.15) is 0 Å². The molecule has 1 aliphatic heterocycles. The first-order chi connectivity index (χ1) is 12.8. The van der Waals surface area contributed by atoms with E-state index in [4.69, 9.17) is 0 Å². The first kappa shape index (κ1) is 20.3. The van der Waals surface area contributed by atoms with Crippen molar-refractivity contribution in [3.05, 3.63) is 35.6 Å². The summed E-state index contributed by atoms with van der Waals surface area (Å²) in [4.78, 5) is 16.9. The lowest BCUT2D eigenvalue weighted by Crippen LogP contribution is -2.51. The molecule has 0 aromatic heterocycles. The van der Waals surface area contributed by atoms with Crippen molar-refractivity contribution in [1.82, 2.24) is 9.80 Å². The minimum absolute atomic E-state index is 0.00797. The number of sulfone groups is 1. The lowest BCUT2D eigenvalue weighted by Gasteiger charge is -2.39. The third kappa shape index (κ3) is 5.51. The van der Waals surface area contributed by atoms with Crippen LogP contribution in [0.1, 0.15) is 44.1 Å². The van der Waals surface area contributed by atoms with Crippen molar-refractivity contribution in [1.29, 1.82) is 0 Å². The standard InChI is InChI=1S/C20H29FN2O3S/c1-22(13-16-7-9-17(21)10-8-16)14-20(24)23(18-5-3-2-4-6-18)19-11-12-27(25,26)15-19/h7-10,18-19H,2-6,11-15H2,1H3. The summed E-state index contributed by atoms with van der Waals surface area (Å²) in [6, 6.07) is 6.25. The zero-order valence-electron chi connectivity index (χ0n) is 15.9. The number of hydrogen-bond acceptors (Lipinski definition) is 4. The summed E-state index contributed by atoms with van der Waals surface area (Å²) < 4.78 is 37.0.